The van der Waals surface area contributed by atoms with Gasteiger partial charge in [-0.05, 0) is 0 Å². The van der Waals surface area contributed by atoms with E-state index in [4.69, 9.17) is 20.7 Å². The Morgan fingerprint density at radius 1 is 1.53 bits per heavy atom. The topological polar surface area (TPSA) is 110 Å². The third-order valence-corrected chi connectivity index (χ3v) is 3.20. The van der Waals surface area contributed by atoms with Crippen LogP contribution in [0.1, 0.15) is 5.56 Å². The fourth-order valence-corrected chi connectivity index (χ4v) is 2.14. The molecule has 0 spiro atoms. The van der Waals surface area contributed by atoms with Gasteiger partial charge < -0.3 is 4.74 Å². The zero-order chi connectivity index (χ0) is 13.2. The molecule has 0 aromatic heterocycles. The Bertz CT molecular complexity index is 620. The Morgan fingerprint density at radius 3 is 2.47 bits per heavy atom. The van der Waals surface area contributed by atoms with Crippen molar-refractivity contribution in [2.45, 2.75) is 4.90 Å². The van der Waals surface area contributed by atoms with Gasteiger partial charge in [-0.15, -0.1) is 0 Å². The van der Waals surface area contributed by atoms with Gasteiger partial charge in [0, 0.05) is 22.8 Å². The van der Waals surface area contributed by atoms with E-state index in [2.05, 4.69) is 0 Å². The molecule has 0 fully saturated rings. The Kier molecular flexibility index (Phi) is 3.55. The van der Waals surface area contributed by atoms with Crippen LogP contribution in [0.3, 0.4) is 0 Å². The van der Waals surface area contributed by atoms with Crippen LogP contribution in [0.15, 0.2) is 17.0 Å². The molecule has 1 aromatic carbocycles. The van der Waals surface area contributed by atoms with Crippen molar-refractivity contribution in [1.29, 1.82) is 5.26 Å². The monoisotopic (exact) mass is 276 g/mol. The lowest BCUT2D eigenvalue weighted by Gasteiger charge is -2.06. The molecule has 0 aliphatic heterocycles. The minimum atomic E-state index is -4.19. The maximum Gasteiger partial charge on any atom is 0.288 e. The number of nitrogens with zero attached hydrogens (tertiary/aromatic N) is 2. The number of nitriles is 1. The van der Waals surface area contributed by atoms with Crippen LogP contribution in [-0.2, 0) is 9.05 Å². The molecule has 1 aromatic rings. The average Bonchev–Trinajstić information content (AvgIpc) is 2.25. The third kappa shape index (κ3) is 2.64. The standard InChI is InChI=1S/C8H5ClN2O5S/c1-16-7-2-5(4-10)6(11(12)13)3-8(7)17(9,14)15/h2-3H,1H3. The van der Waals surface area contributed by atoms with Crippen LogP contribution < -0.4 is 4.74 Å². The van der Waals surface area contributed by atoms with Gasteiger partial charge in [0.1, 0.15) is 22.3 Å². The first-order valence-corrected chi connectivity index (χ1v) is 6.33. The predicted molar refractivity (Wildman–Crippen MR) is 57.4 cm³/mol. The van der Waals surface area contributed by atoms with Gasteiger partial charge in [0.25, 0.3) is 14.7 Å². The molecule has 0 unspecified atom stereocenters. The van der Waals surface area contributed by atoms with E-state index in [-0.39, 0.29) is 11.3 Å². The normalized spacial score (nSPS) is 10.6. The summed E-state index contributed by atoms with van der Waals surface area (Å²) in [7, 11) is 2.07. The summed E-state index contributed by atoms with van der Waals surface area (Å²) in [6.45, 7) is 0. The molecular weight excluding hydrogens is 272 g/mol. The summed E-state index contributed by atoms with van der Waals surface area (Å²) < 4.78 is 27.0. The molecule has 0 heterocycles. The number of nitro benzene ring substituents is 1. The summed E-state index contributed by atoms with van der Waals surface area (Å²) in [6.07, 6.45) is 0. The summed E-state index contributed by atoms with van der Waals surface area (Å²) in [4.78, 5) is 9.21. The molecule has 9 heteroatoms. The second-order valence-corrected chi connectivity index (χ2v) is 5.36. The number of hydrogen-bond acceptors (Lipinski definition) is 6. The Hall–Kier alpha value is -1.85. The van der Waals surface area contributed by atoms with Gasteiger partial charge in [0.2, 0.25) is 0 Å². The SMILES string of the molecule is COc1cc(C#N)c([N+](=O)[O-])cc1S(=O)(=O)Cl. The summed E-state index contributed by atoms with van der Waals surface area (Å²) >= 11 is 0. The van der Waals surface area contributed by atoms with Crippen LogP contribution in [0, 0.1) is 21.4 Å². The zero-order valence-electron chi connectivity index (χ0n) is 8.38. The minimum Gasteiger partial charge on any atom is -0.495 e. The first-order valence-electron chi connectivity index (χ1n) is 4.02. The van der Waals surface area contributed by atoms with E-state index in [1.807, 2.05) is 0 Å². The molecule has 0 radical (unpaired) electrons. The van der Waals surface area contributed by atoms with E-state index in [1.54, 1.807) is 6.07 Å². The fraction of sp³-hybridized carbons (Fsp3) is 0.125. The summed E-state index contributed by atoms with van der Waals surface area (Å²) in [5.74, 6) is -0.220. The Labute approximate surface area is 101 Å². The second-order valence-electron chi connectivity index (χ2n) is 2.83. The summed E-state index contributed by atoms with van der Waals surface area (Å²) in [5, 5.41) is 19.3. The van der Waals surface area contributed by atoms with E-state index in [9.17, 15) is 18.5 Å². The molecule has 0 amide bonds. The van der Waals surface area contributed by atoms with Crippen LogP contribution >= 0.6 is 10.7 Å². The minimum absolute atomic E-state index is 0.220. The molecule has 0 saturated heterocycles. The van der Waals surface area contributed by atoms with Crippen LogP contribution in [0.5, 0.6) is 5.75 Å². The number of benzene rings is 1. The zero-order valence-corrected chi connectivity index (χ0v) is 9.95. The van der Waals surface area contributed by atoms with Gasteiger partial charge in [0.15, 0.2) is 0 Å². The van der Waals surface area contributed by atoms with Crippen molar-refractivity contribution < 1.29 is 18.1 Å². The highest BCUT2D eigenvalue weighted by atomic mass is 35.7. The molecule has 0 aliphatic carbocycles. The lowest BCUT2D eigenvalue weighted by atomic mass is 10.2. The molecule has 0 N–H and O–H groups in total. The summed E-state index contributed by atoms with van der Waals surface area (Å²) in [5.41, 5.74) is -0.955. The second kappa shape index (κ2) is 4.57. The number of nitro groups is 1. The Balaban J connectivity index is 3.70. The molecule has 17 heavy (non-hydrogen) atoms. The van der Waals surface area contributed by atoms with Crippen LogP contribution in [0.25, 0.3) is 0 Å². The summed E-state index contributed by atoms with van der Waals surface area (Å²) in [6, 6.07) is 3.22. The van der Waals surface area contributed by atoms with Crippen LogP contribution in [-0.4, -0.2) is 20.5 Å². The maximum atomic E-state index is 11.2. The largest absolute Gasteiger partial charge is 0.495 e. The van der Waals surface area contributed by atoms with Crippen molar-refractivity contribution in [3.8, 4) is 11.8 Å². The van der Waals surface area contributed by atoms with Crippen molar-refractivity contribution >= 4 is 25.4 Å². The van der Waals surface area contributed by atoms with Crippen molar-refractivity contribution in [3.05, 3.63) is 27.8 Å². The number of hydrogen-bond donors (Lipinski definition) is 0. The van der Waals surface area contributed by atoms with Gasteiger partial charge in [0.05, 0.1) is 12.0 Å². The van der Waals surface area contributed by atoms with E-state index in [0.29, 0.717) is 6.07 Å². The van der Waals surface area contributed by atoms with Gasteiger partial charge in [-0.25, -0.2) is 8.42 Å². The first-order chi connectivity index (χ1) is 7.81. The van der Waals surface area contributed by atoms with Crippen molar-refractivity contribution in [3.63, 3.8) is 0 Å². The number of halogens is 1. The van der Waals surface area contributed by atoms with Gasteiger partial charge >= 0.3 is 0 Å². The van der Waals surface area contributed by atoms with Crippen molar-refractivity contribution in [2.24, 2.45) is 0 Å². The number of methoxy groups -OCH3 is 1. The average molecular weight is 277 g/mol. The maximum absolute atomic E-state index is 11.2. The molecule has 1 rings (SSSR count). The highest BCUT2D eigenvalue weighted by molar-refractivity contribution is 8.13. The highest BCUT2D eigenvalue weighted by Crippen LogP contribution is 2.33. The lowest BCUT2D eigenvalue weighted by Crippen LogP contribution is -2.00. The molecule has 90 valence electrons. The van der Waals surface area contributed by atoms with E-state index in [1.165, 1.54) is 0 Å². The van der Waals surface area contributed by atoms with Crippen molar-refractivity contribution in [2.75, 3.05) is 7.11 Å². The number of ether oxygens (including phenoxy) is 1. The molecule has 0 atom stereocenters. The highest BCUT2D eigenvalue weighted by Gasteiger charge is 2.25. The first kappa shape index (κ1) is 13.2. The van der Waals surface area contributed by atoms with Gasteiger partial charge in [-0.1, -0.05) is 0 Å². The van der Waals surface area contributed by atoms with Crippen LogP contribution in [0.2, 0.25) is 0 Å². The molecule has 0 saturated carbocycles. The Morgan fingerprint density at radius 2 is 2.12 bits per heavy atom. The van der Waals surface area contributed by atoms with Gasteiger partial charge in [-0.3, -0.25) is 10.1 Å². The fourth-order valence-electron chi connectivity index (χ4n) is 1.14. The van der Waals surface area contributed by atoms with Crippen LogP contribution in [0.4, 0.5) is 5.69 Å². The lowest BCUT2D eigenvalue weighted by molar-refractivity contribution is -0.385. The smallest absolute Gasteiger partial charge is 0.288 e. The van der Waals surface area contributed by atoms with E-state index in [0.717, 1.165) is 13.2 Å². The molecule has 0 aliphatic rings. The number of rotatable bonds is 3. The molecule has 0 bridgehead atoms. The van der Waals surface area contributed by atoms with Gasteiger partial charge in [-0.2, -0.15) is 5.26 Å². The van der Waals surface area contributed by atoms with E-state index >= 15 is 0 Å². The third-order valence-electron chi connectivity index (χ3n) is 1.86. The quantitative estimate of drug-likeness (QED) is 0.469. The van der Waals surface area contributed by atoms with Crippen molar-refractivity contribution in [1.82, 2.24) is 0 Å². The predicted octanol–water partition coefficient (Wildman–Crippen LogP) is 1.40. The molecule has 7 nitrogen and oxygen atoms in total. The van der Waals surface area contributed by atoms with E-state index < -0.39 is 24.6 Å². The molecular formula is C8H5ClN2O5S.